The maximum absolute atomic E-state index is 11.8. The predicted molar refractivity (Wildman–Crippen MR) is 83.5 cm³/mol. The minimum atomic E-state index is -1.02. The number of unbranched alkanes of at least 4 members (excludes halogenated alkanes) is 1. The number of benzene rings is 1. The van der Waals surface area contributed by atoms with Gasteiger partial charge in [-0.15, -0.1) is 0 Å². The van der Waals surface area contributed by atoms with E-state index in [9.17, 15) is 9.59 Å². The number of carboxylic acid groups (broad SMARTS) is 1. The third-order valence-electron chi connectivity index (χ3n) is 2.93. The number of nitrogens with one attached hydrogen (secondary N) is 1. The lowest BCUT2D eigenvalue weighted by Crippen LogP contribution is -2.42. The molecular weight excluding hydrogens is 338 g/mol. The van der Waals surface area contributed by atoms with Crippen LogP contribution in [0.1, 0.15) is 31.7 Å². The molecule has 0 radical (unpaired) electrons. The summed E-state index contributed by atoms with van der Waals surface area (Å²) in [4.78, 5) is 22.8. The summed E-state index contributed by atoms with van der Waals surface area (Å²) in [5.74, 6) is -0.907. The second-order valence-corrected chi connectivity index (χ2v) is 5.68. The first-order valence-corrected chi connectivity index (χ1v) is 7.64. The smallest absolute Gasteiger partial charge is 0.326 e. The fourth-order valence-corrected chi connectivity index (χ4v) is 2.38. The minimum absolute atomic E-state index is 0.211. The number of ether oxygens (including phenoxy) is 1. The molecule has 2 N–H and O–H groups in total. The van der Waals surface area contributed by atoms with E-state index < -0.39 is 17.9 Å². The van der Waals surface area contributed by atoms with Gasteiger partial charge in [0, 0.05) is 0 Å². The average molecular weight is 358 g/mol. The molecule has 0 saturated carbocycles. The van der Waals surface area contributed by atoms with E-state index in [0.29, 0.717) is 12.2 Å². The monoisotopic (exact) mass is 357 g/mol. The van der Waals surface area contributed by atoms with E-state index in [-0.39, 0.29) is 6.61 Å². The lowest BCUT2D eigenvalue weighted by Gasteiger charge is -2.15. The molecule has 0 fully saturated rings. The average Bonchev–Trinajstić information content (AvgIpc) is 2.42. The van der Waals surface area contributed by atoms with Crippen LogP contribution in [-0.4, -0.2) is 29.6 Å². The van der Waals surface area contributed by atoms with Crippen LogP contribution in [0.4, 0.5) is 0 Å². The Morgan fingerprint density at radius 1 is 1.43 bits per heavy atom. The number of amides is 1. The first kappa shape index (κ1) is 17.5. The molecule has 1 aromatic carbocycles. The highest BCUT2D eigenvalue weighted by atomic mass is 79.9. The Balaban J connectivity index is 2.50. The van der Waals surface area contributed by atoms with Crippen molar-refractivity contribution < 1.29 is 19.4 Å². The van der Waals surface area contributed by atoms with E-state index in [4.69, 9.17) is 9.84 Å². The van der Waals surface area contributed by atoms with Crippen LogP contribution < -0.4 is 10.1 Å². The number of carbonyl (C=O) groups is 2. The molecule has 6 heteroatoms. The van der Waals surface area contributed by atoms with Gasteiger partial charge in [0.15, 0.2) is 6.61 Å². The summed E-state index contributed by atoms with van der Waals surface area (Å²) in [6.45, 7) is 3.71. The zero-order chi connectivity index (χ0) is 15.8. The van der Waals surface area contributed by atoms with Gasteiger partial charge in [-0.05, 0) is 47.0 Å². The van der Waals surface area contributed by atoms with Gasteiger partial charge in [0.25, 0.3) is 5.91 Å². The minimum Gasteiger partial charge on any atom is -0.483 e. The Bertz CT molecular complexity index is 504. The van der Waals surface area contributed by atoms with Crippen LogP contribution >= 0.6 is 15.9 Å². The number of carboxylic acids is 1. The number of carbonyl (C=O) groups excluding carboxylic acids is 1. The number of hydrogen-bond donors (Lipinski definition) is 2. The van der Waals surface area contributed by atoms with E-state index in [1.807, 2.05) is 26.0 Å². The van der Waals surface area contributed by atoms with Crippen LogP contribution in [0.15, 0.2) is 22.7 Å². The lowest BCUT2D eigenvalue weighted by atomic mass is 10.1. The highest BCUT2D eigenvalue weighted by Gasteiger charge is 2.19. The van der Waals surface area contributed by atoms with Crippen molar-refractivity contribution in [2.24, 2.45) is 0 Å². The molecule has 5 nitrogen and oxygen atoms in total. The van der Waals surface area contributed by atoms with Crippen LogP contribution in [0.3, 0.4) is 0 Å². The van der Waals surface area contributed by atoms with E-state index in [0.717, 1.165) is 22.9 Å². The summed E-state index contributed by atoms with van der Waals surface area (Å²) in [6.07, 6.45) is 2.06. The van der Waals surface area contributed by atoms with Gasteiger partial charge >= 0.3 is 5.97 Å². The maximum Gasteiger partial charge on any atom is 0.326 e. The van der Waals surface area contributed by atoms with Gasteiger partial charge < -0.3 is 15.2 Å². The van der Waals surface area contributed by atoms with Crippen molar-refractivity contribution in [3.63, 3.8) is 0 Å². The molecule has 0 aromatic heterocycles. The molecule has 1 aromatic rings. The topological polar surface area (TPSA) is 75.6 Å². The van der Waals surface area contributed by atoms with Crippen molar-refractivity contribution >= 4 is 27.8 Å². The SMILES string of the molecule is CCCCC(NC(=O)COc1ccc(C)cc1Br)C(=O)O. The van der Waals surface area contributed by atoms with Gasteiger partial charge in [-0.1, -0.05) is 25.8 Å². The van der Waals surface area contributed by atoms with Crippen LogP contribution in [0.25, 0.3) is 0 Å². The van der Waals surface area contributed by atoms with E-state index >= 15 is 0 Å². The summed E-state index contributed by atoms with van der Waals surface area (Å²) in [7, 11) is 0. The van der Waals surface area contributed by atoms with Crippen molar-refractivity contribution in [3.05, 3.63) is 28.2 Å². The molecule has 0 aliphatic carbocycles. The van der Waals surface area contributed by atoms with Crippen LogP contribution in [-0.2, 0) is 9.59 Å². The Morgan fingerprint density at radius 3 is 2.71 bits per heavy atom. The van der Waals surface area contributed by atoms with Gasteiger partial charge in [0.05, 0.1) is 4.47 Å². The predicted octanol–water partition coefficient (Wildman–Crippen LogP) is 2.90. The second kappa shape index (κ2) is 8.67. The Morgan fingerprint density at radius 2 is 2.14 bits per heavy atom. The van der Waals surface area contributed by atoms with Gasteiger partial charge in [-0.3, -0.25) is 4.79 Å². The molecule has 21 heavy (non-hydrogen) atoms. The summed E-state index contributed by atoms with van der Waals surface area (Å²) in [5, 5.41) is 11.5. The third-order valence-corrected chi connectivity index (χ3v) is 3.55. The first-order valence-electron chi connectivity index (χ1n) is 6.85. The molecule has 1 rings (SSSR count). The zero-order valence-electron chi connectivity index (χ0n) is 12.2. The fraction of sp³-hybridized carbons (Fsp3) is 0.467. The molecule has 0 heterocycles. The molecular formula is C15H20BrNO4. The number of hydrogen-bond acceptors (Lipinski definition) is 3. The zero-order valence-corrected chi connectivity index (χ0v) is 13.8. The molecule has 0 aliphatic rings. The molecule has 116 valence electrons. The summed E-state index contributed by atoms with van der Waals surface area (Å²) in [5.41, 5.74) is 1.07. The molecule has 0 bridgehead atoms. The van der Waals surface area contributed by atoms with Gasteiger partial charge in [-0.2, -0.15) is 0 Å². The van der Waals surface area contributed by atoms with Gasteiger partial charge in [0.2, 0.25) is 0 Å². The molecule has 1 atom stereocenters. The van der Waals surface area contributed by atoms with Crippen LogP contribution in [0.5, 0.6) is 5.75 Å². The van der Waals surface area contributed by atoms with Gasteiger partial charge in [0.1, 0.15) is 11.8 Å². The molecule has 1 amide bonds. The normalized spacial score (nSPS) is 11.8. The quantitative estimate of drug-likeness (QED) is 0.749. The summed E-state index contributed by atoms with van der Waals surface area (Å²) < 4.78 is 6.15. The molecule has 0 spiro atoms. The maximum atomic E-state index is 11.8. The van der Waals surface area contributed by atoms with Crippen molar-refractivity contribution in [2.45, 2.75) is 39.2 Å². The largest absolute Gasteiger partial charge is 0.483 e. The molecule has 0 aliphatic heterocycles. The van der Waals surface area contributed by atoms with Crippen molar-refractivity contribution in [2.75, 3.05) is 6.61 Å². The Labute approximate surface area is 132 Å². The first-order chi connectivity index (χ1) is 9.93. The van der Waals surface area contributed by atoms with Crippen molar-refractivity contribution in [1.82, 2.24) is 5.32 Å². The number of aryl methyl sites for hydroxylation is 1. The lowest BCUT2D eigenvalue weighted by molar-refractivity contribution is -0.142. The molecule has 0 saturated heterocycles. The van der Waals surface area contributed by atoms with E-state index in [1.54, 1.807) is 6.07 Å². The van der Waals surface area contributed by atoms with Crippen molar-refractivity contribution in [1.29, 1.82) is 0 Å². The Kier molecular flexibility index (Phi) is 7.22. The van der Waals surface area contributed by atoms with E-state index in [1.165, 1.54) is 0 Å². The third kappa shape index (κ3) is 6.16. The fourth-order valence-electron chi connectivity index (χ4n) is 1.77. The highest BCUT2D eigenvalue weighted by molar-refractivity contribution is 9.10. The second-order valence-electron chi connectivity index (χ2n) is 4.82. The van der Waals surface area contributed by atoms with Crippen LogP contribution in [0.2, 0.25) is 0 Å². The Hall–Kier alpha value is -1.56. The van der Waals surface area contributed by atoms with Crippen molar-refractivity contribution in [3.8, 4) is 5.75 Å². The number of halogens is 1. The number of rotatable bonds is 8. The van der Waals surface area contributed by atoms with Crippen LogP contribution in [0, 0.1) is 6.92 Å². The molecule has 1 unspecified atom stereocenters. The summed E-state index contributed by atoms with van der Waals surface area (Å²) >= 11 is 3.35. The van der Waals surface area contributed by atoms with Gasteiger partial charge in [-0.25, -0.2) is 4.79 Å². The van der Waals surface area contributed by atoms with E-state index in [2.05, 4.69) is 21.2 Å². The summed E-state index contributed by atoms with van der Waals surface area (Å²) in [6, 6.07) is 4.66. The standard InChI is InChI=1S/C15H20BrNO4/c1-3-4-5-12(15(19)20)17-14(18)9-21-13-7-6-10(2)8-11(13)16/h6-8,12H,3-5,9H2,1-2H3,(H,17,18)(H,19,20). The highest BCUT2D eigenvalue weighted by Crippen LogP contribution is 2.25. The number of aliphatic carboxylic acids is 1.